The Kier molecular flexibility index (Phi) is 4.68. The number of benzene rings is 2. The van der Waals surface area contributed by atoms with Crippen LogP contribution in [0, 0.1) is 0 Å². The molecule has 3 rings (SSSR count). The first kappa shape index (κ1) is 16.3. The number of aromatic nitrogens is 1. The van der Waals surface area contributed by atoms with E-state index in [4.69, 9.17) is 0 Å². The van der Waals surface area contributed by atoms with Gasteiger partial charge in [0.25, 0.3) is 5.91 Å². The fourth-order valence-electron chi connectivity index (χ4n) is 2.44. The number of fused-ring (bicyclic) bond motifs is 1. The van der Waals surface area contributed by atoms with Gasteiger partial charge in [0.2, 0.25) is 9.60 Å². The molecule has 1 aromatic heterocycles. The predicted molar refractivity (Wildman–Crippen MR) is 86.4 cm³/mol. The Morgan fingerprint density at radius 2 is 1.73 bits per heavy atom. The lowest BCUT2D eigenvalue weighted by Gasteiger charge is -2.02. The zero-order chi connectivity index (χ0) is 15.0. The van der Waals surface area contributed by atoms with Crippen LogP contribution in [0.15, 0.2) is 53.3 Å². The molecule has 4 nitrogen and oxygen atoms in total. The van der Waals surface area contributed by atoms with Crippen molar-refractivity contribution in [2.45, 2.75) is 0 Å². The van der Waals surface area contributed by atoms with Crippen LogP contribution in [0.5, 0.6) is 0 Å². The molecule has 0 aliphatic heterocycles. The van der Waals surface area contributed by atoms with E-state index < -0.39 is 10.7 Å². The number of hydrogen-bond acceptors (Lipinski definition) is 2. The smallest absolute Gasteiger partial charge is 0.304 e. The molecule has 0 radical (unpaired) electrons. The van der Waals surface area contributed by atoms with Gasteiger partial charge in [-0.15, -0.1) is 3.96 Å². The SMILES string of the molecule is CNC(=O)c1ccccc1-[s+]1c2ccccc2c(=O)n1C.[Cl-]. The molecule has 1 unspecified atom stereocenters. The Bertz CT molecular complexity index is 899. The van der Waals surface area contributed by atoms with Crippen molar-refractivity contribution in [3.63, 3.8) is 0 Å². The van der Waals surface area contributed by atoms with E-state index in [0.29, 0.717) is 5.56 Å². The van der Waals surface area contributed by atoms with Gasteiger partial charge < -0.3 is 17.7 Å². The third-order valence-corrected chi connectivity index (χ3v) is 5.71. The summed E-state index contributed by atoms with van der Waals surface area (Å²) < 4.78 is 2.69. The van der Waals surface area contributed by atoms with Gasteiger partial charge in [0.15, 0.2) is 0 Å². The van der Waals surface area contributed by atoms with Crippen LogP contribution in [0.2, 0.25) is 0 Å². The molecule has 6 heteroatoms. The van der Waals surface area contributed by atoms with Gasteiger partial charge in [-0.25, -0.2) is 0 Å². The van der Waals surface area contributed by atoms with E-state index in [-0.39, 0.29) is 23.9 Å². The summed E-state index contributed by atoms with van der Waals surface area (Å²) >= 11 is 0. The molecule has 114 valence electrons. The van der Waals surface area contributed by atoms with Gasteiger partial charge in [-0.1, -0.05) is 24.3 Å². The van der Waals surface area contributed by atoms with Crippen molar-refractivity contribution >= 4 is 26.7 Å². The Labute approximate surface area is 136 Å². The summed E-state index contributed by atoms with van der Waals surface area (Å²) in [6.07, 6.45) is 0. The number of carbonyl (C=O) groups excluding carboxylic acids is 1. The summed E-state index contributed by atoms with van der Waals surface area (Å²) in [6.45, 7) is 0. The zero-order valence-electron chi connectivity index (χ0n) is 12.2. The zero-order valence-corrected chi connectivity index (χ0v) is 13.7. The fraction of sp³-hybridized carbons (Fsp3) is 0.125. The lowest BCUT2D eigenvalue weighted by atomic mass is 10.2. The van der Waals surface area contributed by atoms with Crippen LogP contribution < -0.4 is 23.3 Å². The van der Waals surface area contributed by atoms with E-state index >= 15 is 0 Å². The molecule has 0 fully saturated rings. The number of nitrogens with one attached hydrogen (secondary N) is 1. The Hall–Kier alpha value is -2.11. The van der Waals surface area contributed by atoms with Crippen molar-refractivity contribution in [1.29, 1.82) is 0 Å². The molecule has 1 N–H and O–H groups in total. The van der Waals surface area contributed by atoms with Gasteiger partial charge in [0, 0.05) is 19.2 Å². The van der Waals surface area contributed by atoms with Crippen LogP contribution in [-0.2, 0) is 7.05 Å². The topological polar surface area (TPSA) is 51.1 Å². The van der Waals surface area contributed by atoms with Crippen LogP contribution in [0.4, 0.5) is 0 Å². The predicted octanol–water partition coefficient (Wildman–Crippen LogP) is -0.360. The number of hydrogen-bond donors (Lipinski definition) is 1. The summed E-state index contributed by atoms with van der Waals surface area (Å²) in [5, 5.41) is 3.37. The van der Waals surface area contributed by atoms with Crippen LogP contribution in [0.3, 0.4) is 0 Å². The molecule has 2 aromatic carbocycles. The number of nitrogens with zero attached hydrogens (tertiary/aromatic N) is 1. The average molecular weight is 335 g/mol. The second-order valence-corrected chi connectivity index (χ2v) is 6.66. The summed E-state index contributed by atoms with van der Waals surface area (Å²) in [4.78, 5) is 25.3. The largest absolute Gasteiger partial charge is 1.00 e. The monoisotopic (exact) mass is 334 g/mol. The molecule has 22 heavy (non-hydrogen) atoms. The first-order valence-electron chi connectivity index (χ1n) is 6.57. The molecule has 3 aromatic rings. The number of amides is 1. The third-order valence-electron chi connectivity index (χ3n) is 3.45. The van der Waals surface area contributed by atoms with Crippen molar-refractivity contribution < 1.29 is 17.2 Å². The minimum absolute atomic E-state index is 0. The number of halogens is 1. The first-order valence-corrected chi connectivity index (χ1v) is 7.76. The highest BCUT2D eigenvalue weighted by molar-refractivity contribution is 7.41. The summed E-state index contributed by atoms with van der Waals surface area (Å²) in [5.74, 6) is -0.136. The van der Waals surface area contributed by atoms with E-state index in [1.165, 1.54) is 0 Å². The van der Waals surface area contributed by atoms with Crippen LogP contribution >= 0.6 is 10.7 Å². The highest BCUT2D eigenvalue weighted by Gasteiger charge is 2.27. The van der Waals surface area contributed by atoms with Crippen molar-refractivity contribution in [1.82, 2.24) is 9.27 Å². The maximum Gasteiger partial charge on any atom is 0.304 e. The van der Waals surface area contributed by atoms with Crippen molar-refractivity contribution in [3.8, 4) is 4.90 Å². The minimum Gasteiger partial charge on any atom is -1.00 e. The van der Waals surface area contributed by atoms with Gasteiger partial charge >= 0.3 is 5.56 Å². The first-order chi connectivity index (χ1) is 10.1. The molecule has 0 saturated heterocycles. The Morgan fingerprint density at radius 1 is 1.09 bits per heavy atom. The maximum atomic E-state index is 12.4. The van der Waals surface area contributed by atoms with Crippen LogP contribution in [0.1, 0.15) is 10.4 Å². The normalized spacial score (nSPS) is 11.1. The lowest BCUT2D eigenvalue weighted by Crippen LogP contribution is -3.00. The fourth-order valence-corrected chi connectivity index (χ4v) is 4.67. The quantitative estimate of drug-likeness (QED) is 0.651. The molecule has 0 aliphatic carbocycles. The second kappa shape index (κ2) is 6.34. The third kappa shape index (κ3) is 2.42. The van der Waals surface area contributed by atoms with Crippen molar-refractivity contribution in [2.75, 3.05) is 7.05 Å². The molecule has 0 bridgehead atoms. The Morgan fingerprint density at radius 3 is 2.45 bits per heavy atom. The van der Waals surface area contributed by atoms with Gasteiger partial charge in [-0.2, -0.15) is 0 Å². The van der Waals surface area contributed by atoms with Crippen molar-refractivity contribution in [3.05, 3.63) is 64.4 Å². The molecule has 1 amide bonds. The van der Waals surface area contributed by atoms with Gasteiger partial charge in [0.05, 0.1) is 7.05 Å². The van der Waals surface area contributed by atoms with Gasteiger partial charge in [-0.05, 0) is 12.1 Å². The molecule has 0 spiro atoms. The van der Waals surface area contributed by atoms with Crippen LogP contribution in [-0.4, -0.2) is 16.9 Å². The van der Waals surface area contributed by atoms with E-state index in [2.05, 4.69) is 5.32 Å². The van der Waals surface area contributed by atoms with Crippen LogP contribution in [0.25, 0.3) is 15.0 Å². The second-order valence-electron chi connectivity index (χ2n) is 4.66. The molecule has 1 heterocycles. The highest BCUT2D eigenvalue weighted by Crippen LogP contribution is 2.38. The highest BCUT2D eigenvalue weighted by atomic mass is 35.5. The molecule has 0 aliphatic rings. The summed E-state index contributed by atoms with van der Waals surface area (Å²) in [6, 6.07) is 15.0. The summed E-state index contributed by atoms with van der Waals surface area (Å²) in [5.41, 5.74) is 0.611. The van der Waals surface area contributed by atoms with E-state index in [1.54, 1.807) is 24.1 Å². The van der Waals surface area contributed by atoms with E-state index in [0.717, 1.165) is 15.0 Å². The van der Waals surface area contributed by atoms with Crippen molar-refractivity contribution in [2.24, 2.45) is 7.05 Å². The number of carbonyl (C=O) groups is 1. The standard InChI is InChI=1S/C16H14N2O2S.ClH/c1-17-15(19)11-7-3-5-9-13(11)21-14-10-6-4-8-12(14)16(20)18(21)2;/h3-10H,1-2H3;1H. The minimum atomic E-state index is -0.551. The van der Waals surface area contributed by atoms with E-state index in [9.17, 15) is 9.59 Å². The molecular weight excluding hydrogens is 320 g/mol. The van der Waals surface area contributed by atoms with E-state index in [1.807, 2.05) is 42.5 Å². The lowest BCUT2D eigenvalue weighted by molar-refractivity contribution is -0.0000124. The Balaban J connectivity index is 0.00000176. The molecule has 1 atom stereocenters. The summed E-state index contributed by atoms with van der Waals surface area (Å²) in [7, 11) is 2.84. The molecular formula is C16H15ClN2O2S. The molecule has 0 saturated carbocycles. The van der Waals surface area contributed by atoms with Gasteiger partial charge in [-0.3, -0.25) is 9.59 Å². The van der Waals surface area contributed by atoms with Gasteiger partial charge in [0.1, 0.15) is 21.6 Å². The average Bonchev–Trinajstić information content (AvgIpc) is 2.78. The number of rotatable bonds is 2. The maximum absolute atomic E-state index is 12.4.